The molecule has 0 saturated heterocycles. The van der Waals surface area contributed by atoms with E-state index in [1.807, 2.05) is 0 Å². The van der Waals surface area contributed by atoms with Gasteiger partial charge in [-0.2, -0.15) is 0 Å². The molecule has 0 fully saturated rings. The lowest BCUT2D eigenvalue weighted by molar-refractivity contribution is -0.394. The van der Waals surface area contributed by atoms with Crippen molar-refractivity contribution in [2.75, 3.05) is 27.9 Å². The van der Waals surface area contributed by atoms with Gasteiger partial charge in [0.2, 0.25) is 11.5 Å². The number of hydrogen-bond donors (Lipinski definition) is 0. The zero-order valence-electron chi connectivity index (χ0n) is 17.0. The Morgan fingerprint density at radius 2 is 1.65 bits per heavy atom. The molecule has 0 radical (unpaired) electrons. The van der Waals surface area contributed by atoms with Gasteiger partial charge in [-0.3, -0.25) is 25.0 Å². The van der Waals surface area contributed by atoms with Gasteiger partial charge in [-0.15, -0.1) is 0 Å². The van der Waals surface area contributed by atoms with E-state index in [0.29, 0.717) is 6.42 Å². The van der Waals surface area contributed by atoms with Gasteiger partial charge in [0.05, 0.1) is 43.8 Å². The standard InChI is InChI=1S/C19H20N2O10/c1-27-16-10-13(11-17(28-2)19(16)30-8-4-5-18(22)29-3)31-15-7-6-12(20(23)24)9-14(15)21(25)26/h6-7,9-11H,4-5,8H2,1-3H3/i31+2. The monoisotopic (exact) mass is 438 g/mol. The molecule has 0 aliphatic rings. The maximum atomic E-state index is 11.3. The van der Waals surface area contributed by atoms with Crippen LogP contribution in [0, 0.1) is 20.2 Å². The first-order valence-electron chi connectivity index (χ1n) is 8.87. The van der Waals surface area contributed by atoms with Crippen molar-refractivity contribution in [1.82, 2.24) is 0 Å². The summed E-state index contributed by atoms with van der Waals surface area (Å²) < 4.78 is 26.4. The number of nitrogens with zero attached hydrogens (tertiary/aromatic N) is 2. The number of rotatable bonds is 11. The molecule has 2 aromatic carbocycles. The number of ether oxygens (including phenoxy) is 5. The van der Waals surface area contributed by atoms with Crippen LogP contribution >= 0.6 is 0 Å². The van der Waals surface area contributed by atoms with Gasteiger partial charge >= 0.3 is 11.7 Å². The third-order valence-corrected chi connectivity index (χ3v) is 4.01. The van der Waals surface area contributed by atoms with Gasteiger partial charge in [0, 0.05) is 24.6 Å². The van der Waals surface area contributed by atoms with E-state index in [4.69, 9.17) is 18.9 Å². The van der Waals surface area contributed by atoms with E-state index >= 15 is 0 Å². The minimum Gasteiger partial charge on any atom is -0.493 e. The molecule has 0 aliphatic carbocycles. The average molecular weight is 438 g/mol. The highest BCUT2D eigenvalue weighted by Gasteiger charge is 2.23. The van der Waals surface area contributed by atoms with E-state index in [1.165, 1.54) is 33.5 Å². The van der Waals surface area contributed by atoms with Crippen LogP contribution in [0.2, 0.25) is 0 Å². The first kappa shape index (κ1) is 23.2. The smallest absolute Gasteiger partial charge is 0.318 e. The quantitative estimate of drug-likeness (QED) is 0.167. The lowest BCUT2D eigenvalue weighted by atomic mass is 10.2. The molecular formula is C19H20N2O10. The molecule has 12 heteroatoms. The number of carbonyl (C=O) groups excluding carboxylic acids is 1. The second-order valence-corrected chi connectivity index (χ2v) is 5.95. The van der Waals surface area contributed by atoms with Crippen LogP contribution in [0.15, 0.2) is 30.3 Å². The molecule has 0 bridgehead atoms. The van der Waals surface area contributed by atoms with Crippen LogP contribution in [-0.2, 0) is 9.53 Å². The summed E-state index contributed by atoms with van der Waals surface area (Å²) in [6.07, 6.45) is 0.568. The summed E-state index contributed by atoms with van der Waals surface area (Å²) in [6.45, 7) is 0.176. The molecule has 166 valence electrons. The van der Waals surface area contributed by atoms with Crippen LogP contribution in [0.5, 0.6) is 28.7 Å². The summed E-state index contributed by atoms with van der Waals surface area (Å²) >= 11 is 0. The molecule has 2 rings (SSSR count). The molecule has 0 saturated carbocycles. The Hall–Kier alpha value is -4.09. The number of non-ortho nitro benzene ring substituents is 1. The first-order valence-corrected chi connectivity index (χ1v) is 8.87. The van der Waals surface area contributed by atoms with Crippen molar-refractivity contribution in [2.45, 2.75) is 12.8 Å². The lowest BCUT2D eigenvalue weighted by Crippen LogP contribution is -2.06. The molecule has 0 amide bonds. The van der Waals surface area contributed by atoms with Crippen molar-refractivity contribution < 1.29 is 38.3 Å². The highest BCUT2D eigenvalue weighted by molar-refractivity contribution is 5.69. The van der Waals surface area contributed by atoms with Gasteiger partial charge in [-0.1, -0.05) is 0 Å². The van der Waals surface area contributed by atoms with Crippen LogP contribution in [0.4, 0.5) is 11.4 Å². The first-order chi connectivity index (χ1) is 14.8. The summed E-state index contributed by atoms with van der Waals surface area (Å²) in [6, 6.07) is 5.87. The van der Waals surface area contributed by atoms with E-state index in [9.17, 15) is 25.0 Å². The fourth-order valence-corrected chi connectivity index (χ4v) is 2.53. The normalized spacial score (nSPS) is 10.2. The van der Waals surface area contributed by atoms with Gasteiger partial charge in [0.25, 0.3) is 5.69 Å². The SMILES string of the molecule is COC(=O)CCCOc1c(OC)cc([18O]c2ccc([N+](=O)[O-])cc2[N+](=O)[O-])cc1OC. The van der Waals surface area contributed by atoms with Crippen molar-refractivity contribution in [3.8, 4) is 28.7 Å². The van der Waals surface area contributed by atoms with Gasteiger partial charge in [0.1, 0.15) is 5.75 Å². The van der Waals surface area contributed by atoms with Crippen LogP contribution in [0.3, 0.4) is 0 Å². The van der Waals surface area contributed by atoms with Crippen molar-refractivity contribution >= 4 is 17.3 Å². The fraction of sp³-hybridized carbons (Fsp3) is 0.316. The molecule has 0 atom stereocenters. The number of hydrogen-bond acceptors (Lipinski definition) is 10. The predicted molar refractivity (Wildman–Crippen MR) is 106 cm³/mol. The van der Waals surface area contributed by atoms with Gasteiger partial charge in [-0.05, 0) is 12.5 Å². The summed E-state index contributed by atoms with van der Waals surface area (Å²) in [5.74, 6) is 0.240. The number of benzene rings is 2. The van der Waals surface area contributed by atoms with E-state index in [-0.39, 0.29) is 47.7 Å². The Bertz CT molecular complexity index is 951. The van der Waals surface area contributed by atoms with Gasteiger partial charge < -0.3 is 23.7 Å². The molecule has 31 heavy (non-hydrogen) atoms. The molecule has 12 nitrogen and oxygen atoms in total. The van der Waals surface area contributed by atoms with Crippen molar-refractivity contribution in [3.63, 3.8) is 0 Å². The number of nitro benzene ring substituents is 2. The summed E-state index contributed by atoms with van der Waals surface area (Å²) in [4.78, 5) is 31.9. The van der Waals surface area contributed by atoms with Crippen molar-refractivity contribution in [2.24, 2.45) is 0 Å². The Morgan fingerprint density at radius 3 is 2.16 bits per heavy atom. The Balaban J connectivity index is 2.29. The lowest BCUT2D eigenvalue weighted by Gasteiger charge is -2.16. The van der Waals surface area contributed by atoms with Gasteiger partial charge in [-0.25, -0.2) is 0 Å². The second kappa shape index (κ2) is 10.6. The summed E-state index contributed by atoms with van der Waals surface area (Å²) in [5, 5.41) is 22.2. The molecule has 0 aromatic heterocycles. The average Bonchev–Trinajstić information content (AvgIpc) is 2.76. The predicted octanol–water partition coefficient (Wildman–Crippen LogP) is 3.64. The molecule has 0 aliphatic heterocycles. The van der Waals surface area contributed by atoms with Crippen molar-refractivity contribution in [3.05, 3.63) is 50.6 Å². The fourth-order valence-electron chi connectivity index (χ4n) is 2.53. The zero-order valence-corrected chi connectivity index (χ0v) is 17.0. The topological polar surface area (TPSA) is 150 Å². The molecule has 2 aromatic rings. The number of carbonyl (C=O) groups is 1. The van der Waals surface area contributed by atoms with E-state index in [2.05, 4.69) is 4.74 Å². The van der Waals surface area contributed by atoms with Crippen LogP contribution in [0.25, 0.3) is 0 Å². The maximum Gasteiger partial charge on any atom is 0.318 e. The van der Waals surface area contributed by atoms with Crippen molar-refractivity contribution in [1.29, 1.82) is 0 Å². The maximum absolute atomic E-state index is 11.3. The largest absolute Gasteiger partial charge is 0.493 e. The molecule has 0 N–H and O–H groups in total. The highest BCUT2D eigenvalue weighted by atomic mass is 18.3. The van der Waals surface area contributed by atoms with Crippen LogP contribution < -0.4 is 18.9 Å². The summed E-state index contributed by atoms with van der Waals surface area (Å²) in [5.41, 5.74) is -1.01. The van der Waals surface area contributed by atoms with Crippen LogP contribution in [-0.4, -0.2) is 43.8 Å². The molecule has 0 unspecified atom stereocenters. The molecule has 0 spiro atoms. The van der Waals surface area contributed by atoms with E-state index in [0.717, 1.165) is 18.2 Å². The van der Waals surface area contributed by atoms with E-state index < -0.39 is 21.2 Å². The number of nitro groups is 2. The third kappa shape index (κ3) is 5.95. The number of esters is 1. The minimum atomic E-state index is -0.782. The molecule has 0 heterocycles. The Kier molecular flexibility index (Phi) is 7.94. The minimum absolute atomic E-state index is 0.118. The highest BCUT2D eigenvalue weighted by Crippen LogP contribution is 2.43. The second-order valence-electron chi connectivity index (χ2n) is 5.95. The van der Waals surface area contributed by atoms with Gasteiger partial charge in [0.15, 0.2) is 11.5 Å². The molecular weight excluding hydrogens is 418 g/mol. The number of methoxy groups -OCH3 is 3. The Labute approximate surface area is 176 Å². The zero-order chi connectivity index (χ0) is 23.0. The summed E-state index contributed by atoms with van der Waals surface area (Å²) in [7, 11) is 4.06. The van der Waals surface area contributed by atoms with Crippen LogP contribution in [0.1, 0.15) is 12.8 Å². The Morgan fingerprint density at radius 1 is 1.00 bits per heavy atom. The third-order valence-electron chi connectivity index (χ3n) is 4.01. The van der Waals surface area contributed by atoms with E-state index in [1.54, 1.807) is 0 Å².